The molecule has 8 nitrogen and oxygen atoms in total. The molecule has 1 aliphatic heterocycles. The highest BCUT2D eigenvalue weighted by molar-refractivity contribution is 5.99. The first kappa shape index (κ1) is 20.5. The first-order chi connectivity index (χ1) is 12.9. The SMILES string of the molecule is COc1cccc(OC)c1C(=O)NCCNC(=O)C1CC(=O)N(C(C)C)C1. The number of nitrogens with one attached hydrogen (secondary N) is 2. The van der Waals surface area contributed by atoms with Gasteiger partial charge in [-0.3, -0.25) is 14.4 Å². The van der Waals surface area contributed by atoms with E-state index in [0.717, 1.165) is 0 Å². The molecule has 8 heteroatoms. The van der Waals surface area contributed by atoms with Gasteiger partial charge in [-0.05, 0) is 26.0 Å². The lowest BCUT2D eigenvalue weighted by atomic mass is 10.1. The molecule has 1 aliphatic rings. The number of hydrogen-bond donors (Lipinski definition) is 2. The largest absolute Gasteiger partial charge is 0.496 e. The van der Waals surface area contributed by atoms with E-state index in [-0.39, 0.29) is 49.2 Å². The molecule has 1 fully saturated rings. The zero-order valence-electron chi connectivity index (χ0n) is 16.2. The van der Waals surface area contributed by atoms with E-state index in [2.05, 4.69) is 10.6 Å². The summed E-state index contributed by atoms with van der Waals surface area (Å²) in [5.74, 6) is -0.0360. The summed E-state index contributed by atoms with van der Waals surface area (Å²) in [6.07, 6.45) is 0.231. The van der Waals surface area contributed by atoms with E-state index in [9.17, 15) is 14.4 Å². The number of amides is 3. The van der Waals surface area contributed by atoms with Gasteiger partial charge in [0.15, 0.2) is 0 Å². The second-order valence-electron chi connectivity index (χ2n) is 6.63. The molecule has 1 unspecified atom stereocenters. The second-order valence-corrected chi connectivity index (χ2v) is 6.63. The first-order valence-corrected chi connectivity index (χ1v) is 8.95. The van der Waals surface area contributed by atoms with Crippen LogP contribution >= 0.6 is 0 Å². The monoisotopic (exact) mass is 377 g/mol. The van der Waals surface area contributed by atoms with Crippen molar-refractivity contribution in [2.45, 2.75) is 26.3 Å². The van der Waals surface area contributed by atoms with E-state index in [1.165, 1.54) is 14.2 Å². The number of benzene rings is 1. The maximum absolute atomic E-state index is 12.4. The van der Waals surface area contributed by atoms with E-state index < -0.39 is 0 Å². The Morgan fingerprint density at radius 2 is 1.74 bits per heavy atom. The van der Waals surface area contributed by atoms with Crippen LogP contribution in [0.15, 0.2) is 18.2 Å². The zero-order valence-corrected chi connectivity index (χ0v) is 16.2. The topological polar surface area (TPSA) is 97.0 Å². The smallest absolute Gasteiger partial charge is 0.258 e. The predicted molar refractivity (Wildman–Crippen MR) is 99.8 cm³/mol. The molecule has 0 spiro atoms. The Morgan fingerprint density at radius 1 is 1.15 bits per heavy atom. The number of hydrogen-bond acceptors (Lipinski definition) is 5. The second kappa shape index (κ2) is 9.25. The van der Waals surface area contributed by atoms with Crippen molar-refractivity contribution >= 4 is 17.7 Å². The third kappa shape index (κ3) is 4.90. The van der Waals surface area contributed by atoms with Crippen LogP contribution in [0, 0.1) is 5.92 Å². The predicted octanol–water partition coefficient (Wildman–Crippen LogP) is 0.807. The van der Waals surface area contributed by atoms with Gasteiger partial charge in [0.2, 0.25) is 11.8 Å². The summed E-state index contributed by atoms with van der Waals surface area (Å²) in [4.78, 5) is 38.3. The molecule has 3 amide bonds. The summed E-state index contributed by atoms with van der Waals surface area (Å²) in [6.45, 7) is 4.82. The number of likely N-dealkylation sites (tertiary alicyclic amines) is 1. The lowest BCUT2D eigenvalue weighted by Crippen LogP contribution is -2.39. The average molecular weight is 377 g/mol. The van der Waals surface area contributed by atoms with Gasteiger partial charge in [0.05, 0.1) is 20.1 Å². The molecular formula is C19H27N3O5. The lowest BCUT2D eigenvalue weighted by Gasteiger charge is -2.20. The molecule has 1 aromatic carbocycles. The van der Waals surface area contributed by atoms with E-state index >= 15 is 0 Å². The minimum absolute atomic E-state index is 0.00159. The molecule has 0 aliphatic carbocycles. The van der Waals surface area contributed by atoms with Gasteiger partial charge in [0, 0.05) is 32.1 Å². The molecule has 1 heterocycles. The van der Waals surface area contributed by atoms with Gasteiger partial charge in [-0.25, -0.2) is 0 Å². The number of carbonyl (C=O) groups is 3. The fraction of sp³-hybridized carbons (Fsp3) is 0.526. The van der Waals surface area contributed by atoms with Gasteiger partial charge < -0.3 is 25.0 Å². The number of rotatable bonds is 8. The summed E-state index contributed by atoms with van der Waals surface area (Å²) in [5.41, 5.74) is 0.308. The van der Waals surface area contributed by atoms with E-state index in [0.29, 0.717) is 23.6 Å². The Labute approximate surface area is 159 Å². The highest BCUT2D eigenvalue weighted by Crippen LogP contribution is 2.27. The Bertz CT molecular complexity index is 682. The molecule has 0 aromatic heterocycles. The van der Waals surface area contributed by atoms with Crippen molar-refractivity contribution < 1.29 is 23.9 Å². The van der Waals surface area contributed by atoms with Crippen LogP contribution in [0.25, 0.3) is 0 Å². The maximum atomic E-state index is 12.4. The van der Waals surface area contributed by atoms with Gasteiger partial charge in [0.1, 0.15) is 17.1 Å². The van der Waals surface area contributed by atoms with Crippen molar-refractivity contribution in [1.82, 2.24) is 15.5 Å². The third-order valence-electron chi connectivity index (χ3n) is 4.52. The van der Waals surface area contributed by atoms with E-state index in [4.69, 9.17) is 9.47 Å². The fourth-order valence-corrected chi connectivity index (χ4v) is 3.08. The average Bonchev–Trinajstić information content (AvgIpc) is 3.06. The van der Waals surface area contributed by atoms with Crippen molar-refractivity contribution in [2.24, 2.45) is 5.92 Å². The molecule has 1 aromatic rings. The van der Waals surface area contributed by atoms with Crippen molar-refractivity contribution in [3.63, 3.8) is 0 Å². The molecule has 27 heavy (non-hydrogen) atoms. The molecule has 0 radical (unpaired) electrons. The quantitative estimate of drug-likeness (QED) is 0.654. The van der Waals surface area contributed by atoms with Gasteiger partial charge in [-0.1, -0.05) is 6.07 Å². The fourth-order valence-electron chi connectivity index (χ4n) is 3.08. The molecule has 0 bridgehead atoms. The molecule has 2 rings (SSSR count). The van der Waals surface area contributed by atoms with Crippen LogP contribution in [0.1, 0.15) is 30.6 Å². The Balaban J connectivity index is 1.83. The number of ether oxygens (including phenoxy) is 2. The van der Waals surface area contributed by atoms with Crippen molar-refractivity contribution in [1.29, 1.82) is 0 Å². The van der Waals surface area contributed by atoms with Gasteiger partial charge in [0.25, 0.3) is 5.91 Å². The number of methoxy groups -OCH3 is 2. The van der Waals surface area contributed by atoms with Crippen LogP contribution in [0.5, 0.6) is 11.5 Å². The Hall–Kier alpha value is -2.77. The number of nitrogens with zero attached hydrogens (tertiary/aromatic N) is 1. The highest BCUT2D eigenvalue weighted by Gasteiger charge is 2.35. The Morgan fingerprint density at radius 3 is 2.26 bits per heavy atom. The molecule has 0 saturated carbocycles. The summed E-state index contributed by atoms with van der Waals surface area (Å²) in [6, 6.07) is 5.18. The van der Waals surface area contributed by atoms with E-state index in [1.54, 1.807) is 23.1 Å². The van der Waals surface area contributed by atoms with Crippen LogP contribution in [-0.4, -0.2) is 62.5 Å². The van der Waals surface area contributed by atoms with Crippen LogP contribution < -0.4 is 20.1 Å². The highest BCUT2D eigenvalue weighted by atomic mass is 16.5. The van der Waals surface area contributed by atoms with Crippen LogP contribution in [0.4, 0.5) is 0 Å². The third-order valence-corrected chi connectivity index (χ3v) is 4.52. The standard InChI is InChI=1S/C19H27N3O5/c1-12(2)22-11-13(10-16(22)23)18(24)20-8-9-21-19(25)17-14(26-3)6-5-7-15(17)27-4/h5-7,12-13H,8-11H2,1-4H3,(H,20,24)(H,21,25). The summed E-state index contributed by atoms with van der Waals surface area (Å²) < 4.78 is 10.4. The van der Waals surface area contributed by atoms with Crippen LogP contribution in [-0.2, 0) is 9.59 Å². The summed E-state index contributed by atoms with van der Waals surface area (Å²) in [5, 5.41) is 5.51. The van der Waals surface area contributed by atoms with Crippen molar-refractivity contribution in [2.75, 3.05) is 33.9 Å². The van der Waals surface area contributed by atoms with Crippen molar-refractivity contribution in [3.8, 4) is 11.5 Å². The maximum Gasteiger partial charge on any atom is 0.258 e. The minimum atomic E-state index is -0.347. The minimum Gasteiger partial charge on any atom is -0.496 e. The molecular weight excluding hydrogens is 350 g/mol. The Kier molecular flexibility index (Phi) is 7.04. The lowest BCUT2D eigenvalue weighted by molar-refractivity contribution is -0.129. The van der Waals surface area contributed by atoms with Gasteiger partial charge in [-0.15, -0.1) is 0 Å². The summed E-state index contributed by atoms with van der Waals surface area (Å²) in [7, 11) is 2.96. The molecule has 148 valence electrons. The summed E-state index contributed by atoms with van der Waals surface area (Å²) >= 11 is 0. The number of carbonyl (C=O) groups excluding carboxylic acids is 3. The van der Waals surface area contributed by atoms with Gasteiger partial charge in [-0.2, -0.15) is 0 Å². The normalized spacial score (nSPS) is 16.4. The van der Waals surface area contributed by atoms with E-state index in [1.807, 2.05) is 13.8 Å². The molecule has 1 atom stereocenters. The van der Waals surface area contributed by atoms with Gasteiger partial charge >= 0.3 is 0 Å². The molecule has 2 N–H and O–H groups in total. The van der Waals surface area contributed by atoms with Crippen LogP contribution in [0.3, 0.4) is 0 Å². The van der Waals surface area contributed by atoms with Crippen LogP contribution in [0.2, 0.25) is 0 Å². The van der Waals surface area contributed by atoms with Crippen molar-refractivity contribution in [3.05, 3.63) is 23.8 Å². The first-order valence-electron chi connectivity index (χ1n) is 8.95. The molecule has 1 saturated heterocycles. The zero-order chi connectivity index (χ0) is 20.0.